The number of carbonyl (C=O) groups excluding carboxylic acids is 2. The van der Waals surface area contributed by atoms with Gasteiger partial charge in [0, 0.05) is 17.5 Å². The van der Waals surface area contributed by atoms with Crippen molar-refractivity contribution in [2.75, 3.05) is 10.6 Å². The molecule has 0 unspecified atom stereocenters. The lowest BCUT2D eigenvalue weighted by atomic mass is 10.1. The van der Waals surface area contributed by atoms with Gasteiger partial charge in [0.1, 0.15) is 5.76 Å². The van der Waals surface area contributed by atoms with Crippen LogP contribution in [-0.2, 0) is 4.79 Å². The zero-order chi connectivity index (χ0) is 17.6. The Kier molecular flexibility index (Phi) is 5.11. The number of amides is 2. The van der Waals surface area contributed by atoms with Crippen molar-refractivity contribution in [2.24, 2.45) is 0 Å². The van der Waals surface area contributed by atoms with E-state index in [9.17, 15) is 9.59 Å². The van der Waals surface area contributed by atoms with Gasteiger partial charge in [-0.15, -0.1) is 11.3 Å². The minimum atomic E-state index is -0.258. The second-order valence-corrected chi connectivity index (χ2v) is 6.25. The zero-order valence-electron chi connectivity index (χ0n) is 13.5. The predicted molar refractivity (Wildman–Crippen MR) is 99.8 cm³/mol. The molecule has 1 aromatic carbocycles. The molecular weight excluding hydrogens is 336 g/mol. The largest absolute Gasteiger partial charge is 0.465 e. The highest BCUT2D eigenvalue weighted by molar-refractivity contribution is 7.12. The molecule has 0 fully saturated rings. The highest BCUT2D eigenvalue weighted by Crippen LogP contribution is 2.21. The van der Waals surface area contributed by atoms with Crippen molar-refractivity contribution in [1.82, 2.24) is 0 Å². The van der Waals surface area contributed by atoms with E-state index in [1.54, 1.807) is 42.7 Å². The summed E-state index contributed by atoms with van der Waals surface area (Å²) in [7, 11) is 0. The molecule has 2 aromatic heterocycles. The first-order valence-electron chi connectivity index (χ1n) is 7.60. The van der Waals surface area contributed by atoms with Gasteiger partial charge in [-0.25, -0.2) is 0 Å². The van der Waals surface area contributed by atoms with Crippen molar-refractivity contribution in [3.05, 3.63) is 76.4 Å². The van der Waals surface area contributed by atoms with Crippen LogP contribution in [0.1, 0.15) is 21.0 Å². The Morgan fingerprint density at radius 1 is 1.12 bits per heavy atom. The second kappa shape index (κ2) is 7.63. The topological polar surface area (TPSA) is 71.3 Å². The lowest BCUT2D eigenvalue weighted by Crippen LogP contribution is -2.12. The number of furan rings is 1. The van der Waals surface area contributed by atoms with Gasteiger partial charge in [-0.2, -0.15) is 0 Å². The molecule has 126 valence electrons. The molecule has 25 heavy (non-hydrogen) atoms. The lowest BCUT2D eigenvalue weighted by Gasteiger charge is -2.10. The molecule has 0 radical (unpaired) electrons. The van der Waals surface area contributed by atoms with E-state index in [0.29, 0.717) is 22.0 Å². The van der Waals surface area contributed by atoms with Gasteiger partial charge < -0.3 is 15.1 Å². The first kappa shape index (κ1) is 16.7. The van der Waals surface area contributed by atoms with Crippen molar-refractivity contribution < 1.29 is 14.0 Å². The van der Waals surface area contributed by atoms with Crippen LogP contribution in [0.2, 0.25) is 0 Å². The fourth-order valence-electron chi connectivity index (χ4n) is 2.20. The SMILES string of the molecule is Cc1cc(NC(=O)/C=C/c2ccco2)ccc1NC(=O)c1cccs1. The van der Waals surface area contributed by atoms with Gasteiger partial charge in [-0.1, -0.05) is 6.07 Å². The van der Waals surface area contributed by atoms with Gasteiger partial charge in [-0.05, 0) is 60.3 Å². The summed E-state index contributed by atoms with van der Waals surface area (Å²) < 4.78 is 5.13. The number of aryl methyl sites for hydroxylation is 1. The monoisotopic (exact) mass is 352 g/mol. The van der Waals surface area contributed by atoms with Crippen LogP contribution in [0.5, 0.6) is 0 Å². The van der Waals surface area contributed by atoms with E-state index in [4.69, 9.17) is 4.42 Å². The second-order valence-electron chi connectivity index (χ2n) is 5.30. The van der Waals surface area contributed by atoms with Crippen LogP contribution in [0.3, 0.4) is 0 Å². The van der Waals surface area contributed by atoms with Crippen molar-refractivity contribution in [1.29, 1.82) is 0 Å². The average Bonchev–Trinajstić information content (AvgIpc) is 3.29. The molecule has 5 nitrogen and oxygen atoms in total. The Bertz CT molecular complexity index is 897. The number of thiophene rings is 1. The Morgan fingerprint density at radius 2 is 2.00 bits per heavy atom. The highest BCUT2D eigenvalue weighted by Gasteiger charge is 2.09. The summed E-state index contributed by atoms with van der Waals surface area (Å²) in [6, 6.07) is 12.4. The van der Waals surface area contributed by atoms with E-state index in [1.165, 1.54) is 17.4 Å². The van der Waals surface area contributed by atoms with Crippen LogP contribution in [0.4, 0.5) is 11.4 Å². The van der Waals surface area contributed by atoms with Crippen LogP contribution in [0.15, 0.2) is 64.6 Å². The van der Waals surface area contributed by atoms with E-state index >= 15 is 0 Å². The molecular formula is C19H16N2O3S. The third-order valence-corrected chi connectivity index (χ3v) is 4.30. The van der Waals surface area contributed by atoms with Gasteiger partial charge in [0.05, 0.1) is 11.1 Å². The summed E-state index contributed by atoms with van der Waals surface area (Å²) >= 11 is 1.39. The molecule has 0 saturated heterocycles. The molecule has 2 amide bonds. The van der Waals surface area contributed by atoms with Gasteiger partial charge >= 0.3 is 0 Å². The van der Waals surface area contributed by atoms with E-state index in [1.807, 2.05) is 24.4 Å². The highest BCUT2D eigenvalue weighted by atomic mass is 32.1. The maximum absolute atomic E-state index is 12.1. The molecule has 0 aliphatic carbocycles. The average molecular weight is 352 g/mol. The number of benzene rings is 1. The zero-order valence-corrected chi connectivity index (χ0v) is 14.3. The summed E-state index contributed by atoms with van der Waals surface area (Å²) in [5.74, 6) is 0.209. The standard InChI is InChI=1S/C19H16N2O3S/c1-13-12-14(20-18(22)9-7-15-4-2-10-24-15)6-8-16(13)21-19(23)17-5-3-11-25-17/h2-12H,1H3,(H,20,22)(H,21,23)/b9-7+. The van der Waals surface area contributed by atoms with Crippen LogP contribution < -0.4 is 10.6 Å². The van der Waals surface area contributed by atoms with Crippen LogP contribution in [-0.4, -0.2) is 11.8 Å². The van der Waals surface area contributed by atoms with Crippen LogP contribution in [0.25, 0.3) is 6.08 Å². The number of rotatable bonds is 5. The maximum atomic E-state index is 12.1. The third kappa shape index (κ3) is 4.45. The van der Waals surface area contributed by atoms with Gasteiger partial charge in [0.25, 0.3) is 5.91 Å². The van der Waals surface area contributed by atoms with Crippen molar-refractivity contribution >= 4 is 40.6 Å². The number of hydrogen-bond acceptors (Lipinski definition) is 4. The fraction of sp³-hybridized carbons (Fsp3) is 0.0526. The predicted octanol–water partition coefficient (Wildman–Crippen LogP) is 4.55. The lowest BCUT2D eigenvalue weighted by molar-refractivity contribution is -0.111. The molecule has 2 heterocycles. The minimum absolute atomic E-state index is 0.142. The first-order valence-corrected chi connectivity index (χ1v) is 8.48. The molecule has 6 heteroatoms. The molecule has 0 bridgehead atoms. The molecule has 0 spiro atoms. The molecule has 0 aliphatic heterocycles. The van der Waals surface area contributed by atoms with Crippen molar-refractivity contribution in [2.45, 2.75) is 6.92 Å². The molecule has 2 N–H and O–H groups in total. The maximum Gasteiger partial charge on any atom is 0.265 e. The van der Waals surface area contributed by atoms with Crippen LogP contribution >= 0.6 is 11.3 Å². The summed E-state index contributed by atoms with van der Waals surface area (Å²) in [4.78, 5) is 24.7. The number of nitrogens with one attached hydrogen (secondary N) is 2. The number of anilines is 2. The number of carbonyl (C=O) groups is 2. The van der Waals surface area contributed by atoms with Gasteiger partial charge in [0.2, 0.25) is 5.91 Å². The van der Waals surface area contributed by atoms with Gasteiger partial charge in [0.15, 0.2) is 0 Å². The van der Waals surface area contributed by atoms with Crippen LogP contribution in [0, 0.1) is 6.92 Å². The van der Waals surface area contributed by atoms with Crippen molar-refractivity contribution in [3.63, 3.8) is 0 Å². The normalized spacial score (nSPS) is 10.8. The summed E-state index contributed by atoms with van der Waals surface area (Å²) in [5, 5.41) is 7.50. The fourth-order valence-corrected chi connectivity index (χ4v) is 2.82. The Balaban J connectivity index is 1.63. The Hall–Kier alpha value is -3.12. The van der Waals surface area contributed by atoms with E-state index in [0.717, 1.165) is 5.56 Å². The first-order chi connectivity index (χ1) is 12.1. The molecule has 3 aromatic rings. The molecule has 3 rings (SSSR count). The third-order valence-electron chi connectivity index (χ3n) is 3.43. The molecule has 0 saturated carbocycles. The van der Waals surface area contributed by atoms with Gasteiger partial charge in [-0.3, -0.25) is 9.59 Å². The van der Waals surface area contributed by atoms with Crippen molar-refractivity contribution in [3.8, 4) is 0 Å². The minimum Gasteiger partial charge on any atom is -0.465 e. The Morgan fingerprint density at radius 3 is 2.68 bits per heavy atom. The smallest absolute Gasteiger partial charge is 0.265 e. The quantitative estimate of drug-likeness (QED) is 0.662. The van der Waals surface area contributed by atoms with E-state index in [2.05, 4.69) is 10.6 Å². The summed E-state index contributed by atoms with van der Waals surface area (Å²) in [6.07, 6.45) is 4.54. The molecule has 0 atom stereocenters. The molecule has 0 aliphatic rings. The number of hydrogen-bond donors (Lipinski definition) is 2. The summed E-state index contributed by atoms with van der Waals surface area (Å²) in [5.41, 5.74) is 2.22. The summed E-state index contributed by atoms with van der Waals surface area (Å²) in [6.45, 7) is 1.87. The van der Waals surface area contributed by atoms with E-state index < -0.39 is 0 Å². The Labute approximate surface area is 149 Å². The van der Waals surface area contributed by atoms with E-state index in [-0.39, 0.29) is 11.8 Å².